The van der Waals surface area contributed by atoms with Gasteiger partial charge in [-0.15, -0.1) is 0 Å². The van der Waals surface area contributed by atoms with Crippen molar-refractivity contribution >= 4 is 20.0 Å². The number of amides is 1. The van der Waals surface area contributed by atoms with E-state index in [0.29, 0.717) is 0 Å². The van der Waals surface area contributed by atoms with Gasteiger partial charge in [-0.3, -0.25) is 9.59 Å². The lowest BCUT2D eigenvalue weighted by molar-refractivity contribution is -0.144. The lowest BCUT2D eigenvalue weighted by Gasteiger charge is -2.47. The van der Waals surface area contributed by atoms with Crippen LogP contribution in [-0.4, -0.2) is 32.2 Å². The molecule has 1 amide bonds. The van der Waals surface area contributed by atoms with Gasteiger partial charge in [0.15, 0.2) is 14.1 Å². The molecule has 1 fully saturated rings. The van der Waals surface area contributed by atoms with Crippen LogP contribution < -0.4 is 5.32 Å². The molecule has 0 aromatic rings. The number of hydrogen-bond donors (Lipinski definition) is 1. The largest absolute Gasteiger partial charge is 0.413 e. The summed E-state index contributed by atoms with van der Waals surface area (Å²) in [6, 6.07) is -0.0651. The van der Waals surface area contributed by atoms with Gasteiger partial charge in [0, 0.05) is 5.92 Å². The van der Waals surface area contributed by atoms with Gasteiger partial charge in [-0.1, -0.05) is 26.8 Å². The summed E-state index contributed by atoms with van der Waals surface area (Å²) in [6.45, 7) is 13.0. The second-order valence-corrected chi connectivity index (χ2v) is 12.9. The summed E-state index contributed by atoms with van der Waals surface area (Å²) in [7, 11) is -1.92. The number of ketones is 1. The van der Waals surface area contributed by atoms with E-state index in [-0.39, 0.29) is 40.7 Å². The van der Waals surface area contributed by atoms with Gasteiger partial charge in [-0.05, 0) is 44.0 Å². The minimum Gasteiger partial charge on any atom is -0.413 e. The first-order valence-corrected chi connectivity index (χ1v) is 11.1. The predicted molar refractivity (Wildman–Crippen MR) is 90.0 cm³/mol. The Morgan fingerprint density at radius 3 is 2.45 bits per heavy atom. The molecule has 1 saturated heterocycles. The van der Waals surface area contributed by atoms with Gasteiger partial charge in [0.25, 0.3) is 0 Å². The molecule has 2 aliphatic rings. The number of rotatable bonds is 4. The van der Waals surface area contributed by atoms with Crippen molar-refractivity contribution < 1.29 is 14.0 Å². The Balaban J connectivity index is 2.08. The van der Waals surface area contributed by atoms with Crippen LogP contribution in [0.3, 0.4) is 0 Å². The monoisotopic (exact) mass is 323 g/mol. The molecular formula is C17H29NO3Si. The Labute approximate surface area is 134 Å². The summed E-state index contributed by atoms with van der Waals surface area (Å²) in [5.74, 6) is -0.118. The molecule has 0 aromatic carbocycles. The van der Waals surface area contributed by atoms with Crippen LogP contribution >= 0.6 is 0 Å². The highest BCUT2D eigenvalue weighted by atomic mass is 28.4. The first kappa shape index (κ1) is 17.4. The van der Waals surface area contributed by atoms with E-state index in [1.54, 1.807) is 6.08 Å². The van der Waals surface area contributed by atoms with Crippen molar-refractivity contribution in [3.05, 3.63) is 12.2 Å². The SMILES string of the molecule is C[C@@H](O[Si](C)(C)C(C)(C)C)[C@H]1C(=O)N[C@@H]1[C@@H]1CCC=CC1=O. The van der Waals surface area contributed by atoms with Crippen LogP contribution in [0.4, 0.5) is 0 Å². The molecule has 0 spiro atoms. The van der Waals surface area contributed by atoms with Gasteiger partial charge in [-0.25, -0.2) is 0 Å². The molecule has 22 heavy (non-hydrogen) atoms. The molecule has 1 aliphatic heterocycles. The van der Waals surface area contributed by atoms with Crippen molar-refractivity contribution in [2.45, 2.75) is 70.8 Å². The van der Waals surface area contributed by atoms with Gasteiger partial charge in [0.05, 0.1) is 18.1 Å². The third kappa shape index (κ3) is 3.20. The standard InChI is InChI=1S/C17H29NO3Si/c1-11(21-22(5,6)17(2,3)4)14-15(18-16(14)20)12-9-7-8-10-13(12)19/h8,10-12,14-15H,7,9H2,1-6H3,(H,18,20)/t11-,12-,14-,15-/m1/s1. The van der Waals surface area contributed by atoms with Gasteiger partial charge in [0.1, 0.15) is 0 Å². The molecule has 1 heterocycles. The zero-order valence-corrected chi connectivity index (χ0v) is 15.6. The van der Waals surface area contributed by atoms with E-state index in [2.05, 4.69) is 39.2 Å². The van der Waals surface area contributed by atoms with Crippen molar-refractivity contribution in [1.29, 1.82) is 0 Å². The molecular weight excluding hydrogens is 294 g/mol. The number of nitrogens with one attached hydrogen (secondary N) is 1. The van der Waals surface area contributed by atoms with E-state index < -0.39 is 8.32 Å². The topological polar surface area (TPSA) is 55.4 Å². The first-order valence-electron chi connectivity index (χ1n) is 8.23. The van der Waals surface area contributed by atoms with E-state index >= 15 is 0 Å². The summed E-state index contributed by atoms with van der Waals surface area (Å²) < 4.78 is 6.38. The number of carbonyl (C=O) groups is 2. The lowest BCUT2D eigenvalue weighted by Crippen LogP contribution is -2.67. The Bertz CT molecular complexity index is 493. The smallest absolute Gasteiger partial charge is 0.228 e. The van der Waals surface area contributed by atoms with Crippen molar-refractivity contribution in [3.63, 3.8) is 0 Å². The number of hydrogen-bond acceptors (Lipinski definition) is 3. The molecule has 0 radical (unpaired) electrons. The van der Waals surface area contributed by atoms with Crippen LogP contribution in [0.1, 0.15) is 40.5 Å². The highest BCUT2D eigenvalue weighted by molar-refractivity contribution is 6.74. The van der Waals surface area contributed by atoms with E-state index in [4.69, 9.17) is 4.43 Å². The average Bonchev–Trinajstić information content (AvgIpc) is 2.34. The Morgan fingerprint density at radius 2 is 1.95 bits per heavy atom. The minimum atomic E-state index is -1.92. The van der Waals surface area contributed by atoms with Crippen LogP contribution in [0.15, 0.2) is 12.2 Å². The summed E-state index contributed by atoms with van der Waals surface area (Å²) >= 11 is 0. The van der Waals surface area contributed by atoms with Gasteiger partial charge in [0.2, 0.25) is 5.91 Å². The minimum absolute atomic E-state index is 0.0264. The third-order valence-corrected chi connectivity index (χ3v) is 10.1. The van der Waals surface area contributed by atoms with Crippen LogP contribution in [0.25, 0.3) is 0 Å². The molecule has 1 N–H and O–H groups in total. The second kappa shape index (κ2) is 5.93. The maximum atomic E-state index is 12.1. The molecule has 4 atom stereocenters. The fraction of sp³-hybridized carbons (Fsp3) is 0.765. The van der Waals surface area contributed by atoms with Gasteiger partial charge in [-0.2, -0.15) is 0 Å². The van der Waals surface area contributed by atoms with Crippen molar-refractivity contribution in [2.75, 3.05) is 0 Å². The second-order valence-electron chi connectivity index (χ2n) is 8.13. The number of carbonyl (C=O) groups excluding carboxylic acids is 2. The Kier molecular flexibility index (Phi) is 4.69. The van der Waals surface area contributed by atoms with Crippen LogP contribution in [-0.2, 0) is 14.0 Å². The van der Waals surface area contributed by atoms with Crippen LogP contribution in [0.2, 0.25) is 18.1 Å². The fourth-order valence-electron chi connectivity index (χ4n) is 3.09. The maximum absolute atomic E-state index is 12.1. The maximum Gasteiger partial charge on any atom is 0.228 e. The van der Waals surface area contributed by atoms with Crippen molar-refractivity contribution in [3.8, 4) is 0 Å². The summed E-state index contributed by atoms with van der Waals surface area (Å²) in [5.41, 5.74) is 0. The molecule has 0 saturated carbocycles. The van der Waals surface area contributed by atoms with Crippen LogP contribution in [0.5, 0.6) is 0 Å². The fourth-order valence-corrected chi connectivity index (χ4v) is 4.52. The van der Waals surface area contributed by atoms with Crippen molar-refractivity contribution in [1.82, 2.24) is 5.32 Å². The summed E-state index contributed by atoms with van der Waals surface area (Å²) in [4.78, 5) is 24.1. The quantitative estimate of drug-likeness (QED) is 0.639. The molecule has 4 nitrogen and oxygen atoms in total. The average molecular weight is 324 g/mol. The van der Waals surface area contributed by atoms with Crippen LogP contribution in [0, 0.1) is 11.8 Å². The molecule has 124 valence electrons. The Morgan fingerprint density at radius 1 is 1.32 bits per heavy atom. The Hall–Kier alpha value is -0.943. The number of allylic oxidation sites excluding steroid dienone is 2. The van der Waals surface area contributed by atoms with E-state index in [1.165, 1.54) is 0 Å². The lowest BCUT2D eigenvalue weighted by atomic mass is 9.73. The molecule has 2 rings (SSSR count). The molecule has 0 unspecified atom stereocenters. The first-order chi connectivity index (χ1) is 10.0. The van der Waals surface area contributed by atoms with Crippen molar-refractivity contribution in [2.24, 2.45) is 11.8 Å². The molecule has 0 bridgehead atoms. The zero-order chi connectivity index (χ0) is 16.7. The zero-order valence-electron chi connectivity index (χ0n) is 14.6. The van der Waals surface area contributed by atoms with E-state index in [0.717, 1.165) is 12.8 Å². The summed E-state index contributed by atoms with van der Waals surface area (Å²) in [6.07, 6.45) is 5.17. The van der Waals surface area contributed by atoms with Gasteiger partial charge >= 0.3 is 0 Å². The predicted octanol–water partition coefficient (Wildman–Crippen LogP) is 3.05. The van der Waals surface area contributed by atoms with E-state index in [1.807, 2.05) is 13.0 Å². The molecule has 0 aromatic heterocycles. The molecule has 1 aliphatic carbocycles. The summed E-state index contributed by atoms with van der Waals surface area (Å²) in [5, 5.41) is 3.05. The highest BCUT2D eigenvalue weighted by Gasteiger charge is 2.51. The normalized spacial score (nSPS) is 30.7. The molecule has 5 heteroatoms. The van der Waals surface area contributed by atoms with Gasteiger partial charge < -0.3 is 9.74 Å². The van der Waals surface area contributed by atoms with E-state index in [9.17, 15) is 9.59 Å². The number of β-lactam (4-membered cyclic amide) rings is 1. The highest BCUT2D eigenvalue weighted by Crippen LogP contribution is 2.40. The third-order valence-electron chi connectivity index (χ3n) is 5.52.